The zero-order valence-electron chi connectivity index (χ0n) is 10.1. The highest BCUT2D eigenvalue weighted by Gasteiger charge is 2.21. The van der Waals surface area contributed by atoms with Gasteiger partial charge in [0.15, 0.2) is 0 Å². The van der Waals surface area contributed by atoms with Crippen molar-refractivity contribution < 1.29 is 5.11 Å². The highest BCUT2D eigenvalue weighted by Crippen LogP contribution is 2.38. The van der Waals surface area contributed by atoms with Crippen LogP contribution in [-0.4, -0.2) is 11.7 Å². The summed E-state index contributed by atoms with van der Waals surface area (Å²) >= 11 is 6.09. The van der Waals surface area contributed by atoms with Crippen LogP contribution in [0.5, 0.6) is 5.75 Å². The van der Waals surface area contributed by atoms with Crippen molar-refractivity contribution in [3.63, 3.8) is 0 Å². The van der Waals surface area contributed by atoms with E-state index in [2.05, 4.69) is 13.8 Å². The van der Waals surface area contributed by atoms with Crippen LogP contribution in [0.25, 0.3) is 0 Å². The molecule has 0 saturated heterocycles. The first kappa shape index (κ1) is 13.3. The molecule has 0 fully saturated rings. The van der Waals surface area contributed by atoms with Crippen LogP contribution in [0.1, 0.15) is 37.3 Å². The fraction of sp³-hybridized carbons (Fsp3) is 0.538. The summed E-state index contributed by atoms with van der Waals surface area (Å²) in [5.41, 5.74) is 7.55. The van der Waals surface area contributed by atoms with Crippen LogP contribution in [0.3, 0.4) is 0 Å². The first-order chi connectivity index (χ1) is 7.49. The largest absolute Gasteiger partial charge is 0.508 e. The second kappa shape index (κ2) is 5.55. The quantitative estimate of drug-likeness (QED) is 0.848. The fourth-order valence-corrected chi connectivity index (χ4v) is 2.31. The lowest BCUT2D eigenvalue weighted by Crippen LogP contribution is -2.14. The minimum atomic E-state index is 0.267. The number of benzene rings is 1. The molecular formula is C13H20ClNO. The van der Waals surface area contributed by atoms with E-state index < -0.39 is 0 Å². The van der Waals surface area contributed by atoms with E-state index in [1.54, 1.807) is 12.1 Å². The predicted octanol–water partition coefficient (Wildman–Crippen LogP) is 3.44. The number of aromatic hydroxyl groups is 1. The van der Waals surface area contributed by atoms with Gasteiger partial charge in [0, 0.05) is 10.6 Å². The van der Waals surface area contributed by atoms with Crippen LogP contribution < -0.4 is 5.73 Å². The van der Waals surface area contributed by atoms with E-state index in [-0.39, 0.29) is 5.92 Å². The van der Waals surface area contributed by atoms with Crippen molar-refractivity contribution in [2.45, 2.75) is 33.1 Å². The molecule has 0 bridgehead atoms. The minimum Gasteiger partial charge on any atom is -0.508 e. The number of phenolic OH excluding ortho intramolecular Hbond substituents is 1. The van der Waals surface area contributed by atoms with E-state index in [1.165, 1.54) is 0 Å². The van der Waals surface area contributed by atoms with Gasteiger partial charge in [0.25, 0.3) is 0 Å². The number of halogens is 1. The highest BCUT2D eigenvalue weighted by atomic mass is 35.5. The Balaban J connectivity index is 3.22. The van der Waals surface area contributed by atoms with Crippen molar-refractivity contribution in [2.24, 2.45) is 11.7 Å². The summed E-state index contributed by atoms with van der Waals surface area (Å²) < 4.78 is 0. The van der Waals surface area contributed by atoms with Crippen LogP contribution in [0, 0.1) is 12.8 Å². The number of hydrogen-bond donors (Lipinski definition) is 2. The van der Waals surface area contributed by atoms with Gasteiger partial charge in [-0.2, -0.15) is 0 Å². The third kappa shape index (κ3) is 2.69. The summed E-state index contributed by atoms with van der Waals surface area (Å²) in [5, 5.41) is 10.7. The van der Waals surface area contributed by atoms with Gasteiger partial charge in [0.2, 0.25) is 0 Å². The molecule has 1 rings (SSSR count). The Hall–Kier alpha value is -0.730. The number of rotatable bonds is 4. The molecule has 0 aliphatic carbocycles. The molecule has 0 heterocycles. The fourth-order valence-electron chi connectivity index (χ4n) is 2.15. The van der Waals surface area contributed by atoms with Gasteiger partial charge in [-0.1, -0.05) is 25.4 Å². The number of hydrogen-bond acceptors (Lipinski definition) is 2. The van der Waals surface area contributed by atoms with Crippen molar-refractivity contribution in [1.29, 1.82) is 0 Å². The summed E-state index contributed by atoms with van der Waals surface area (Å²) in [5.74, 6) is 1.03. The second-order valence-corrected chi connectivity index (χ2v) is 4.94. The minimum absolute atomic E-state index is 0.267. The zero-order chi connectivity index (χ0) is 12.3. The van der Waals surface area contributed by atoms with Crippen LogP contribution >= 0.6 is 11.6 Å². The van der Waals surface area contributed by atoms with Crippen molar-refractivity contribution in [3.8, 4) is 5.75 Å². The average Bonchev–Trinajstić information content (AvgIpc) is 2.22. The molecule has 3 heteroatoms. The van der Waals surface area contributed by atoms with Crippen molar-refractivity contribution >= 4 is 11.6 Å². The van der Waals surface area contributed by atoms with Gasteiger partial charge in [-0.3, -0.25) is 0 Å². The number of phenols is 1. The van der Waals surface area contributed by atoms with Gasteiger partial charge >= 0.3 is 0 Å². The summed E-state index contributed by atoms with van der Waals surface area (Å²) in [6.07, 6.45) is 0.867. The molecule has 0 aliphatic heterocycles. The van der Waals surface area contributed by atoms with Gasteiger partial charge in [0.05, 0.1) is 0 Å². The summed E-state index contributed by atoms with van der Waals surface area (Å²) in [7, 11) is 0. The molecule has 90 valence electrons. The van der Waals surface area contributed by atoms with Gasteiger partial charge in [-0.05, 0) is 49.4 Å². The molecule has 1 unspecified atom stereocenters. The Kier molecular flexibility index (Phi) is 4.63. The Labute approximate surface area is 102 Å². The Morgan fingerprint density at radius 3 is 2.50 bits per heavy atom. The van der Waals surface area contributed by atoms with Gasteiger partial charge in [0.1, 0.15) is 5.75 Å². The first-order valence-electron chi connectivity index (χ1n) is 5.67. The van der Waals surface area contributed by atoms with Crippen molar-refractivity contribution in [2.75, 3.05) is 6.54 Å². The molecule has 0 radical (unpaired) electrons. The Bertz CT molecular complexity index is 363. The summed E-state index contributed by atoms with van der Waals surface area (Å²) in [4.78, 5) is 0. The molecule has 3 N–H and O–H groups in total. The maximum atomic E-state index is 9.96. The van der Waals surface area contributed by atoms with Crippen LogP contribution in [0.15, 0.2) is 12.1 Å². The van der Waals surface area contributed by atoms with E-state index in [1.807, 2.05) is 6.92 Å². The van der Waals surface area contributed by atoms with Crippen LogP contribution in [0.4, 0.5) is 0 Å². The smallest absolute Gasteiger partial charge is 0.119 e. The van der Waals surface area contributed by atoms with E-state index >= 15 is 0 Å². The molecule has 16 heavy (non-hydrogen) atoms. The Morgan fingerprint density at radius 2 is 2.00 bits per heavy atom. The lowest BCUT2D eigenvalue weighted by atomic mass is 9.83. The molecule has 0 amide bonds. The lowest BCUT2D eigenvalue weighted by molar-refractivity contribution is 0.423. The van der Waals surface area contributed by atoms with Crippen molar-refractivity contribution in [3.05, 3.63) is 28.3 Å². The normalized spacial score (nSPS) is 13.1. The van der Waals surface area contributed by atoms with E-state index in [0.717, 1.165) is 17.5 Å². The Morgan fingerprint density at radius 1 is 1.38 bits per heavy atom. The van der Waals surface area contributed by atoms with Crippen LogP contribution in [0.2, 0.25) is 5.02 Å². The van der Waals surface area contributed by atoms with Gasteiger partial charge in [-0.25, -0.2) is 0 Å². The highest BCUT2D eigenvalue weighted by molar-refractivity contribution is 6.31. The standard InChI is InChI=1S/C13H20ClNO/c1-8(2)10(6-7-15)13-9(3)11(14)4-5-12(13)16/h4-5,8,10,16H,6-7,15H2,1-3H3. The molecule has 1 atom stereocenters. The average molecular weight is 242 g/mol. The van der Waals surface area contributed by atoms with E-state index in [9.17, 15) is 5.11 Å². The topological polar surface area (TPSA) is 46.2 Å². The first-order valence-corrected chi connectivity index (χ1v) is 6.04. The third-order valence-corrected chi connectivity index (χ3v) is 3.49. The van der Waals surface area contributed by atoms with E-state index in [0.29, 0.717) is 23.2 Å². The molecule has 1 aromatic carbocycles. The molecule has 2 nitrogen and oxygen atoms in total. The molecule has 1 aromatic rings. The molecule has 0 spiro atoms. The SMILES string of the molecule is Cc1c(Cl)ccc(O)c1C(CCN)C(C)C. The molecule has 0 saturated carbocycles. The summed E-state index contributed by atoms with van der Waals surface area (Å²) in [6, 6.07) is 3.39. The monoisotopic (exact) mass is 241 g/mol. The molecule has 0 aromatic heterocycles. The van der Waals surface area contributed by atoms with Gasteiger partial charge < -0.3 is 10.8 Å². The second-order valence-electron chi connectivity index (χ2n) is 4.53. The third-order valence-electron chi connectivity index (χ3n) is 3.08. The van der Waals surface area contributed by atoms with Crippen LogP contribution in [-0.2, 0) is 0 Å². The molecular weight excluding hydrogens is 222 g/mol. The number of nitrogens with two attached hydrogens (primary N) is 1. The maximum absolute atomic E-state index is 9.96. The zero-order valence-corrected chi connectivity index (χ0v) is 10.9. The maximum Gasteiger partial charge on any atom is 0.119 e. The molecule has 0 aliphatic rings. The lowest BCUT2D eigenvalue weighted by Gasteiger charge is -2.24. The van der Waals surface area contributed by atoms with Crippen molar-refractivity contribution in [1.82, 2.24) is 0 Å². The van der Waals surface area contributed by atoms with Gasteiger partial charge in [-0.15, -0.1) is 0 Å². The summed E-state index contributed by atoms with van der Waals surface area (Å²) in [6.45, 7) is 6.84. The predicted molar refractivity (Wildman–Crippen MR) is 69.1 cm³/mol. The van der Waals surface area contributed by atoms with E-state index in [4.69, 9.17) is 17.3 Å².